The normalized spacial score (nSPS) is 16.4. The first kappa shape index (κ1) is 82.2. The Kier molecular flexibility index (Phi) is 24.7. The first-order valence-electron chi connectivity index (χ1n) is 41.0. The number of hydrogen-bond acceptors (Lipinski definition) is 8. The molecule has 0 aliphatic carbocycles. The van der Waals surface area contributed by atoms with E-state index in [0.29, 0.717) is 42.5 Å². The van der Waals surface area contributed by atoms with Gasteiger partial charge < -0.3 is 34.3 Å². The number of rotatable bonds is 13. The topological polar surface area (TPSA) is 41.4 Å². The lowest BCUT2D eigenvalue weighted by molar-refractivity contribution is -0.660. The summed E-state index contributed by atoms with van der Waals surface area (Å²) >= 11 is 0. The maximum Gasteiger partial charge on any atom is 0.283 e. The highest BCUT2D eigenvalue weighted by molar-refractivity contribution is 5.82. The van der Waals surface area contributed by atoms with Crippen molar-refractivity contribution < 1.29 is 18.3 Å². The molecule has 12 nitrogen and oxygen atoms in total. The van der Waals surface area contributed by atoms with Gasteiger partial charge in [-0.3, -0.25) is 0 Å². The van der Waals surface area contributed by atoms with Crippen LogP contribution < -0.4 is 37.9 Å². The van der Waals surface area contributed by atoms with Gasteiger partial charge in [-0.05, 0) is 261 Å². The maximum absolute atomic E-state index is 2.41. The second-order valence-electron chi connectivity index (χ2n) is 33.3. The first-order chi connectivity index (χ1) is 54.3. The lowest BCUT2D eigenvalue weighted by Gasteiger charge is -2.33. The van der Waals surface area contributed by atoms with E-state index < -0.39 is 0 Å². The second kappa shape index (κ2) is 34.2. The Balaban J connectivity index is 0.000000142. The summed E-state index contributed by atoms with van der Waals surface area (Å²) in [6, 6.07) is 64.9. The molecule has 590 valence electrons. The fraction of sp³-hybridized carbons (Fsp3) is 0.333. The largest absolute Gasteiger partial charge is 0.359 e. The molecule has 8 heterocycles. The van der Waals surface area contributed by atoms with Crippen molar-refractivity contribution in [2.75, 3.05) is 40.7 Å². The summed E-state index contributed by atoms with van der Waals surface area (Å²) in [5.41, 5.74) is 36.6. The molecule has 0 saturated carbocycles. The van der Waals surface area contributed by atoms with Crippen LogP contribution in [-0.2, 0) is 28.2 Å². The zero-order chi connectivity index (χ0) is 82.2. The molecule has 4 aliphatic rings. The van der Waals surface area contributed by atoms with Gasteiger partial charge in [0.1, 0.15) is 51.5 Å². The number of aromatic nitrogens is 4. The number of aryl methyl sites for hydroxylation is 9. The highest BCUT2D eigenvalue weighted by Gasteiger charge is 2.34. The van der Waals surface area contributed by atoms with E-state index in [1.807, 2.05) is 0 Å². The van der Waals surface area contributed by atoms with Crippen LogP contribution in [0, 0.1) is 62.3 Å². The number of nitrogens with zero attached hydrogens (tertiary/aromatic N) is 12. The quantitative estimate of drug-likeness (QED) is 0.106. The molecule has 15 rings (SSSR count). The smallest absolute Gasteiger partial charge is 0.283 e. The van der Waals surface area contributed by atoms with Crippen molar-refractivity contribution in [3.8, 4) is 67.3 Å². The predicted octanol–water partition coefficient (Wildman–Crippen LogP) is 21.7. The molecule has 4 aromatic heterocycles. The summed E-state index contributed by atoms with van der Waals surface area (Å²) in [6.45, 7) is 44.8. The maximum atomic E-state index is 2.41. The molecule has 0 bridgehead atoms. The standard InChI is InChI=1S/C32H42N3.C26H30N3.C22H24N3.C22H30N3/c1-21(2)27-12-10-13-28(22(3)4)32(27)26-16-17-33(9)31(20-26)29-14-11-15-30(24(29)7)35-19-18-34(23(5)6)25(35)8;1-18-13-14-22(26-19(2)9-7-10-20(26)3)17-23(18)24-11-8-12-25(28(24)6)29-16-15-27(5)21(29)4;1-16-19(9-7-11-20(16)25-15-14-23(3)17(25)2)22-13-12-18-8-5-6-10-21(18)24(22)4;1-14-9-10-20(23(7)12-14)21-15(2)11-16(3)22(18(21)5)25-13-17(4)24(8)19(25)6/h10-23,25H,1-9H3;7-17,21H,1-6H3;5-15,17H,1-4H3;9-13,19H,1-8H3/q4*+1/t25-;21-;17-;19-/m0000/s1. The van der Waals surface area contributed by atoms with Gasteiger partial charge in [0, 0.05) is 140 Å². The fourth-order valence-corrected chi connectivity index (χ4v) is 17.6. The lowest BCUT2D eigenvalue weighted by Crippen LogP contribution is -2.43. The Morgan fingerprint density at radius 2 is 0.921 bits per heavy atom. The van der Waals surface area contributed by atoms with E-state index >= 15 is 0 Å². The molecule has 11 aromatic rings. The average molecular weight is 1520 g/mol. The van der Waals surface area contributed by atoms with Gasteiger partial charge in [0.05, 0.1) is 23.7 Å². The van der Waals surface area contributed by atoms with Crippen molar-refractivity contribution in [3.63, 3.8) is 0 Å². The zero-order valence-electron chi connectivity index (χ0n) is 73.3. The average Bonchev–Trinajstić information content (AvgIpc) is 1.46. The van der Waals surface area contributed by atoms with E-state index in [1.54, 1.807) is 0 Å². The van der Waals surface area contributed by atoms with E-state index in [4.69, 9.17) is 0 Å². The molecule has 7 aromatic carbocycles. The molecule has 0 unspecified atom stereocenters. The van der Waals surface area contributed by atoms with Crippen LogP contribution in [0.25, 0.3) is 78.2 Å². The summed E-state index contributed by atoms with van der Waals surface area (Å²) in [5, 5.41) is 1.26. The predicted molar refractivity (Wildman–Crippen MR) is 481 cm³/mol. The van der Waals surface area contributed by atoms with Crippen molar-refractivity contribution in [2.24, 2.45) is 28.2 Å². The van der Waals surface area contributed by atoms with E-state index in [0.717, 1.165) is 0 Å². The van der Waals surface area contributed by atoms with Crippen LogP contribution in [0.5, 0.6) is 0 Å². The summed E-state index contributed by atoms with van der Waals surface area (Å²) in [7, 11) is 15.0. The van der Waals surface area contributed by atoms with Crippen LogP contribution in [0.1, 0.15) is 149 Å². The molecule has 4 atom stereocenters. The molecular weight excluding hydrogens is 1390 g/mol. The molecule has 0 N–H and O–H groups in total. The molecule has 0 fully saturated rings. The van der Waals surface area contributed by atoms with Crippen molar-refractivity contribution in [3.05, 3.63) is 299 Å². The zero-order valence-corrected chi connectivity index (χ0v) is 73.3. The van der Waals surface area contributed by atoms with Crippen LogP contribution in [0.4, 0.5) is 22.9 Å². The molecular formula is C102H126N12+4. The van der Waals surface area contributed by atoms with Crippen LogP contribution in [0.15, 0.2) is 237 Å². The van der Waals surface area contributed by atoms with E-state index in [-0.39, 0.29) is 0 Å². The summed E-state index contributed by atoms with van der Waals surface area (Å²) < 4.78 is 9.09. The van der Waals surface area contributed by atoms with Gasteiger partial charge in [-0.2, -0.15) is 4.57 Å². The molecule has 0 amide bonds. The van der Waals surface area contributed by atoms with Gasteiger partial charge in [0.15, 0.2) is 18.6 Å². The molecule has 0 saturated heterocycles. The number of anilines is 4. The van der Waals surface area contributed by atoms with Crippen LogP contribution in [0.3, 0.4) is 0 Å². The molecule has 4 aliphatic heterocycles. The summed E-state index contributed by atoms with van der Waals surface area (Å²) in [4.78, 5) is 18.6. The highest BCUT2D eigenvalue weighted by Crippen LogP contribution is 2.43. The van der Waals surface area contributed by atoms with E-state index in [1.165, 1.54) is 168 Å². The number of benzene rings is 7. The molecule has 12 heteroatoms. The third-order valence-electron chi connectivity index (χ3n) is 24.7. The highest BCUT2D eigenvalue weighted by atomic mass is 15.4. The summed E-state index contributed by atoms with van der Waals surface area (Å²) in [6.07, 6.45) is 21.0. The minimum Gasteiger partial charge on any atom is -0.359 e. The molecule has 114 heavy (non-hydrogen) atoms. The fourth-order valence-electron chi connectivity index (χ4n) is 17.6. The second-order valence-corrected chi connectivity index (χ2v) is 33.3. The Labute approximate surface area is 683 Å². The Hall–Kier alpha value is -11.2. The Morgan fingerprint density at radius 1 is 0.368 bits per heavy atom. The van der Waals surface area contributed by atoms with Gasteiger partial charge in [-0.25, -0.2) is 18.6 Å². The number of hydrogen-bond donors (Lipinski definition) is 0. The van der Waals surface area contributed by atoms with Gasteiger partial charge in [0.25, 0.3) is 5.82 Å². The Bertz CT molecular complexity index is 5470. The monoisotopic (exact) mass is 1520 g/mol. The summed E-state index contributed by atoms with van der Waals surface area (Å²) in [5.74, 6) is 2.13. The lowest BCUT2D eigenvalue weighted by atomic mass is 9.85. The Morgan fingerprint density at radius 3 is 1.50 bits per heavy atom. The van der Waals surface area contributed by atoms with Crippen molar-refractivity contribution in [1.29, 1.82) is 0 Å². The van der Waals surface area contributed by atoms with Crippen LogP contribution >= 0.6 is 0 Å². The SMILES string of the molecule is CC1=CN(c2c(C)cc(C)c(-c3ccc(C)c[n+]3C)c2C)[C@@H](C)N1C.Cc1c(-c2cc(-c3c(C(C)C)cccc3C(C)C)cc[n+]2C)cccc1N1C=CN(C(C)C)[C@@H]1C.Cc1c(-c2ccc3ccccc3[n+]2C)cccc1N1C=CN(C)[C@@H]1C.Cc1ccc(-c2c(C)cccc2C)cc1-c1cccc(N2C=CN(C)[C@@H]2C)[n+]1C. The number of para-hydroxylation sites is 1. The molecule has 0 radical (unpaired) electrons. The van der Waals surface area contributed by atoms with Gasteiger partial charge in [0.2, 0.25) is 22.6 Å². The van der Waals surface area contributed by atoms with Crippen molar-refractivity contribution in [1.82, 2.24) is 19.6 Å². The number of allylic oxidation sites excluding steroid dienone is 1. The minimum atomic E-state index is 0.301. The molecule has 0 spiro atoms. The number of pyridine rings is 4. The van der Waals surface area contributed by atoms with Crippen molar-refractivity contribution >= 4 is 33.8 Å². The van der Waals surface area contributed by atoms with E-state index in [9.17, 15) is 0 Å². The third-order valence-corrected chi connectivity index (χ3v) is 24.7. The third kappa shape index (κ3) is 16.2. The van der Waals surface area contributed by atoms with Crippen LogP contribution in [0.2, 0.25) is 0 Å². The first-order valence-corrected chi connectivity index (χ1v) is 41.0. The minimum absolute atomic E-state index is 0.301. The van der Waals surface area contributed by atoms with Crippen molar-refractivity contribution in [2.45, 2.75) is 181 Å². The van der Waals surface area contributed by atoms with Crippen LogP contribution in [-0.4, -0.2) is 71.4 Å². The van der Waals surface area contributed by atoms with E-state index in [2.05, 4.69) is 477 Å². The number of fused-ring (bicyclic) bond motifs is 1. The van der Waals surface area contributed by atoms with Gasteiger partial charge in [-0.15, -0.1) is 0 Å². The van der Waals surface area contributed by atoms with Gasteiger partial charge >= 0.3 is 0 Å². The van der Waals surface area contributed by atoms with Gasteiger partial charge in [-0.1, -0.05) is 107 Å².